The van der Waals surface area contributed by atoms with E-state index in [4.69, 9.17) is 14.0 Å². The van der Waals surface area contributed by atoms with Crippen LogP contribution in [0.2, 0.25) is 0 Å². The predicted octanol–water partition coefficient (Wildman–Crippen LogP) is 5.90. The number of aliphatic hydroxyl groups excluding tert-OH is 5. The maximum absolute atomic E-state index is 13.0. The van der Waals surface area contributed by atoms with Gasteiger partial charge in [0.15, 0.2) is 6.29 Å². The minimum absolute atomic E-state index is 0.224. The molecule has 0 spiro atoms. The SMILES string of the molecule is CCCC/C=C/CC/C=C/CC/C=C/C(O)C(COC1OC(CO)C(O)C(OS(=O)(=O)O)C1O)NC(=O)C(O)CCCCCCCC/C=C\CCCCCC. The van der Waals surface area contributed by atoms with Crippen molar-refractivity contribution in [3.8, 4) is 0 Å². The summed E-state index contributed by atoms with van der Waals surface area (Å²) in [6.07, 6.45) is 24.9. The van der Waals surface area contributed by atoms with Crippen LogP contribution in [-0.4, -0.2) is 107 Å². The molecule has 55 heavy (non-hydrogen) atoms. The van der Waals surface area contributed by atoms with Gasteiger partial charge in [-0.15, -0.1) is 0 Å². The number of unbranched alkanes of at least 4 members (excludes halogenated alkanes) is 14. The molecule has 8 unspecified atom stereocenters. The molecule has 0 saturated carbocycles. The lowest BCUT2D eigenvalue weighted by Gasteiger charge is -2.41. The number of ether oxygens (including phenoxy) is 2. The molecule has 0 bridgehead atoms. The number of amides is 1. The van der Waals surface area contributed by atoms with Gasteiger partial charge in [-0.2, -0.15) is 8.42 Å². The molecule has 7 N–H and O–H groups in total. The van der Waals surface area contributed by atoms with Crippen LogP contribution in [0, 0.1) is 0 Å². The van der Waals surface area contributed by atoms with Crippen LogP contribution in [0.15, 0.2) is 48.6 Å². The van der Waals surface area contributed by atoms with Crippen molar-refractivity contribution in [2.45, 2.75) is 191 Å². The van der Waals surface area contributed by atoms with Gasteiger partial charge in [0.2, 0.25) is 5.91 Å². The van der Waals surface area contributed by atoms with Gasteiger partial charge in [0.25, 0.3) is 0 Å². The van der Waals surface area contributed by atoms with Gasteiger partial charge < -0.3 is 40.3 Å². The standard InChI is InChI=1S/C41H73NO12S/c1-3-5-7-9-11-13-15-17-18-20-22-24-26-28-30-35(45)40(48)42-33(34(44)29-27-25-23-21-19-16-14-12-10-8-6-4-2)32-52-41-38(47)39(54-55(49,50)51)37(46)36(31-43)53-41/h10,12-13,15,19,21,27,29,33-39,41,43-47H,3-9,11,14,16-18,20,22-26,28,30-32H2,1-2H3,(H,42,48)(H,49,50,51)/b12-10+,15-13-,21-19+,29-27+. The van der Waals surface area contributed by atoms with Crippen LogP contribution in [0.5, 0.6) is 0 Å². The van der Waals surface area contributed by atoms with Crippen LogP contribution in [0.25, 0.3) is 0 Å². The molecule has 1 heterocycles. The third-order valence-electron chi connectivity index (χ3n) is 9.42. The maximum Gasteiger partial charge on any atom is 0.397 e. The van der Waals surface area contributed by atoms with Crippen molar-refractivity contribution in [1.29, 1.82) is 0 Å². The third kappa shape index (κ3) is 25.1. The van der Waals surface area contributed by atoms with Crippen molar-refractivity contribution in [3.63, 3.8) is 0 Å². The molecule has 0 aliphatic carbocycles. The van der Waals surface area contributed by atoms with Gasteiger partial charge in [-0.25, -0.2) is 4.18 Å². The fraction of sp³-hybridized carbons (Fsp3) is 0.780. The second-order valence-electron chi connectivity index (χ2n) is 14.3. The number of hydrogen-bond acceptors (Lipinski definition) is 11. The Bertz CT molecular complexity index is 1190. The van der Waals surface area contributed by atoms with E-state index in [9.17, 15) is 38.7 Å². The van der Waals surface area contributed by atoms with Crippen molar-refractivity contribution >= 4 is 16.3 Å². The normalized spacial score (nSPS) is 22.7. The molecule has 0 aromatic heterocycles. The Morgan fingerprint density at radius 3 is 1.80 bits per heavy atom. The van der Waals surface area contributed by atoms with Crippen molar-refractivity contribution in [1.82, 2.24) is 5.32 Å². The zero-order valence-corrected chi connectivity index (χ0v) is 34.2. The molecule has 1 saturated heterocycles. The van der Waals surface area contributed by atoms with E-state index in [0.717, 1.165) is 70.6 Å². The third-order valence-corrected chi connectivity index (χ3v) is 9.88. The number of allylic oxidation sites excluding steroid dienone is 7. The quantitative estimate of drug-likeness (QED) is 0.0235. The average molecular weight is 804 g/mol. The average Bonchev–Trinajstić information content (AvgIpc) is 3.15. The smallest absolute Gasteiger partial charge is 0.394 e. The Hall–Kier alpha value is -1.98. The molecule has 14 heteroatoms. The number of aliphatic hydroxyl groups is 5. The molecule has 1 amide bonds. The first-order valence-electron chi connectivity index (χ1n) is 20.6. The molecule has 1 aliphatic heterocycles. The van der Waals surface area contributed by atoms with Gasteiger partial charge in [0, 0.05) is 0 Å². The molecular weight excluding hydrogens is 731 g/mol. The Kier molecular flexibility index (Phi) is 29.7. The highest BCUT2D eigenvalue weighted by Gasteiger charge is 2.48. The molecule has 1 rings (SSSR count). The summed E-state index contributed by atoms with van der Waals surface area (Å²) in [7, 11) is -5.12. The largest absolute Gasteiger partial charge is 0.397 e. The van der Waals surface area contributed by atoms with Gasteiger partial charge in [0.05, 0.1) is 25.4 Å². The van der Waals surface area contributed by atoms with E-state index in [0.29, 0.717) is 12.8 Å². The zero-order valence-electron chi connectivity index (χ0n) is 33.3. The van der Waals surface area contributed by atoms with E-state index in [2.05, 4.69) is 59.8 Å². The van der Waals surface area contributed by atoms with Crippen LogP contribution < -0.4 is 5.32 Å². The lowest BCUT2D eigenvalue weighted by atomic mass is 9.99. The van der Waals surface area contributed by atoms with E-state index in [1.807, 2.05) is 0 Å². The highest BCUT2D eigenvalue weighted by molar-refractivity contribution is 7.80. The molecule has 0 radical (unpaired) electrons. The van der Waals surface area contributed by atoms with Gasteiger partial charge in [0.1, 0.15) is 30.5 Å². The number of nitrogens with one attached hydrogen (secondary N) is 1. The van der Waals surface area contributed by atoms with Crippen molar-refractivity contribution < 1.29 is 57.0 Å². The monoisotopic (exact) mass is 803 g/mol. The summed E-state index contributed by atoms with van der Waals surface area (Å²) in [6.45, 7) is 3.09. The Morgan fingerprint density at radius 1 is 0.727 bits per heavy atom. The first-order valence-corrected chi connectivity index (χ1v) is 22.0. The fourth-order valence-corrected chi connectivity index (χ4v) is 6.57. The topological polar surface area (TPSA) is 212 Å². The van der Waals surface area contributed by atoms with Gasteiger partial charge in [-0.1, -0.05) is 127 Å². The Balaban J connectivity index is 2.70. The van der Waals surface area contributed by atoms with E-state index >= 15 is 0 Å². The van der Waals surface area contributed by atoms with Gasteiger partial charge in [-0.05, 0) is 64.2 Å². The van der Waals surface area contributed by atoms with Crippen LogP contribution in [0.3, 0.4) is 0 Å². The van der Waals surface area contributed by atoms with Crippen LogP contribution in [0.4, 0.5) is 0 Å². The molecule has 320 valence electrons. The molecule has 1 aliphatic rings. The number of hydrogen-bond donors (Lipinski definition) is 7. The van der Waals surface area contributed by atoms with E-state index in [1.165, 1.54) is 44.6 Å². The van der Waals surface area contributed by atoms with E-state index < -0.39 is 78.5 Å². The maximum atomic E-state index is 13.0. The summed E-state index contributed by atoms with van der Waals surface area (Å²) in [5.74, 6) is -0.726. The molecule has 13 nitrogen and oxygen atoms in total. The number of carbonyl (C=O) groups is 1. The second kappa shape index (κ2) is 32.0. The van der Waals surface area contributed by atoms with Crippen molar-refractivity contribution in [2.75, 3.05) is 13.2 Å². The number of carbonyl (C=O) groups excluding carboxylic acids is 1. The molecule has 0 aromatic rings. The first-order chi connectivity index (χ1) is 26.4. The summed E-state index contributed by atoms with van der Waals surface area (Å²) in [5, 5.41) is 54.9. The van der Waals surface area contributed by atoms with Crippen molar-refractivity contribution in [3.05, 3.63) is 48.6 Å². The zero-order chi connectivity index (χ0) is 40.7. The minimum Gasteiger partial charge on any atom is -0.394 e. The molecule has 0 aromatic carbocycles. The summed E-state index contributed by atoms with van der Waals surface area (Å²) in [4.78, 5) is 13.0. The first kappa shape index (κ1) is 51.0. The van der Waals surface area contributed by atoms with E-state index in [-0.39, 0.29) is 6.42 Å². The lowest BCUT2D eigenvalue weighted by molar-refractivity contribution is -0.298. The summed E-state index contributed by atoms with van der Waals surface area (Å²) >= 11 is 0. The molecular formula is C41H73NO12S. The Labute approximate surface area is 330 Å². The van der Waals surface area contributed by atoms with E-state index in [1.54, 1.807) is 6.08 Å². The van der Waals surface area contributed by atoms with Crippen LogP contribution in [-0.2, 0) is 28.9 Å². The highest BCUT2D eigenvalue weighted by atomic mass is 32.3. The minimum atomic E-state index is -5.12. The summed E-state index contributed by atoms with van der Waals surface area (Å²) < 4.78 is 47.3. The molecule has 1 fully saturated rings. The highest BCUT2D eigenvalue weighted by Crippen LogP contribution is 2.26. The molecule has 8 atom stereocenters. The van der Waals surface area contributed by atoms with Crippen LogP contribution >= 0.6 is 0 Å². The Morgan fingerprint density at radius 2 is 1.24 bits per heavy atom. The fourth-order valence-electron chi connectivity index (χ4n) is 6.06. The summed E-state index contributed by atoms with van der Waals surface area (Å²) in [6, 6.07) is -1.14. The number of rotatable bonds is 33. The van der Waals surface area contributed by atoms with Crippen LogP contribution in [0.1, 0.15) is 142 Å². The predicted molar refractivity (Wildman–Crippen MR) is 214 cm³/mol. The van der Waals surface area contributed by atoms with Gasteiger partial charge in [-0.3, -0.25) is 9.35 Å². The van der Waals surface area contributed by atoms with Crippen molar-refractivity contribution in [2.24, 2.45) is 0 Å². The summed E-state index contributed by atoms with van der Waals surface area (Å²) in [5.41, 5.74) is 0. The second-order valence-corrected chi connectivity index (χ2v) is 15.4. The van der Waals surface area contributed by atoms with Gasteiger partial charge >= 0.3 is 10.4 Å². The lowest BCUT2D eigenvalue weighted by Crippen LogP contribution is -2.61.